The average Bonchev–Trinajstić information content (AvgIpc) is 4.13. The highest BCUT2D eigenvalue weighted by Gasteiger charge is 2.17. The van der Waals surface area contributed by atoms with Crippen molar-refractivity contribution in [3.63, 3.8) is 0 Å². The van der Waals surface area contributed by atoms with Gasteiger partial charge in [0.1, 0.15) is 33.5 Å². The summed E-state index contributed by atoms with van der Waals surface area (Å²) in [4.78, 5) is 2.32. The maximum atomic E-state index is 6.34. The first kappa shape index (κ1) is 39.8. The first-order chi connectivity index (χ1) is 34.6. The quantitative estimate of drug-likeness (QED) is 0.152. The molecule has 0 radical (unpaired) electrons. The van der Waals surface area contributed by atoms with Gasteiger partial charge >= 0.3 is 0 Å². The normalized spacial score (nSPS) is 11.7. The molecular formula is C66H41NO3. The van der Waals surface area contributed by atoms with Gasteiger partial charge in [-0.2, -0.15) is 0 Å². The van der Waals surface area contributed by atoms with E-state index in [0.717, 1.165) is 127 Å². The molecule has 14 aromatic rings. The molecule has 3 aromatic heterocycles. The van der Waals surface area contributed by atoms with Crippen molar-refractivity contribution in [3.05, 3.63) is 249 Å². The number of hydrogen-bond acceptors (Lipinski definition) is 4. The molecule has 14 rings (SSSR count). The fraction of sp³-hybridized carbons (Fsp3) is 0. The summed E-state index contributed by atoms with van der Waals surface area (Å²) in [5, 5.41) is 6.80. The van der Waals surface area contributed by atoms with Crippen molar-refractivity contribution >= 4 is 82.9 Å². The van der Waals surface area contributed by atoms with E-state index in [1.807, 2.05) is 36.4 Å². The Balaban J connectivity index is 0.762. The highest BCUT2D eigenvalue weighted by atomic mass is 16.3. The highest BCUT2D eigenvalue weighted by molar-refractivity contribution is 6.10. The largest absolute Gasteiger partial charge is 0.456 e. The second kappa shape index (κ2) is 16.2. The van der Waals surface area contributed by atoms with Gasteiger partial charge in [-0.3, -0.25) is 0 Å². The van der Waals surface area contributed by atoms with Crippen molar-refractivity contribution in [2.75, 3.05) is 4.90 Å². The van der Waals surface area contributed by atoms with E-state index in [0.29, 0.717) is 0 Å². The molecule has 4 nitrogen and oxygen atoms in total. The molecule has 11 aromatic carbocycles. The molecule has 0 amide bonds. The van der Waals surface area contributed by atoms with Crippen LogP contribution in [0.5, 0.6) is 0 Å². The number of hydrogen-bond donors (Lipinski definition) is 0. The van der Waals surface area contributed by atoms with E-state index >= 15 is 0 Å². The maximum absolute atomic E-state index is 6.34. The third-order valence-electron chi connectivity index (χ3n) is 14.0. The third kappa shape index (κ3) is 6.76. The molecule has 0 saturated heterocycles. The lowest BCUT2D eigenvalue weighted by Gasteiger charge is -2.26. The first-order valence-electron chi connectivity index (χ1n) is 23.7. The van der Waals surface area contributed by atoms with Gasteiger partial charge < -0.3 is 18.2 Å². The molecule has 0 bridgehead atoms. The Bertz CT molecular complexity index is 4090. The molecule has 0 spiro atoms. The summed E-state index contributed by atoms with van der Waals surface area (Å²) < 4.78 is 18.9. The minimum absolute atomic E-state index is 0.890. The SMILES string of the molecule is c1ccc2c(c1)oc1cc(-c3ccc(N(c4ccc(-c5ccc(-c6ccc(-c7cccc8c7oc7ccccc78)cc6)cc5)cc4)c4ccc(-c5ccc6c(c5)oc5ccccc56)cc4)cc3)ccc12. The second-order valence-electron chi connectivity index (χ2n) is 18.0. The van der Waals surface area contributed by atoms with Gasteiger partial charge in [-0.05, 0) is 129 Å². The van der Waals surface area contributed by atoms with Gasteiger partial charge in [0, 0.05) is 54.9 Å². The molecule has 0 fully saturated rings. The summed E-state index contributed by atoms with van der Waals surface area (Å²) in [5.74, 6) is 0. The predicted octanol–water partition coefficient (Wildman–Crippen LogP) is 19.2. The van der Waals surface area contributed by atoms with Gasteiger partial charge in [0.25, 0.3) is 0 Å². The molecule has 0 saturated carbocycles. The summed E-state index contributed by atoms with van der Waals surface area (Å²) in [6.07, 6.45) is 0. The summed E-state index contributed by atoms with van der Waals surface area (Å²) in [6.45, 7) is 0. The van der Waals surface area contributed by atoms with Gasteiger partial charge in [0.05, 0.1) is 0 Å². The van der Waals surface area contributed by atoms with Crippen LogP contribution in [-0.2, 0) is 0 Å². The Morgan fingerprint density at radius 3 is 0.971 bits per heavy atom. The molecule has 0 aliphatic rings. The van der Waals surface area contributed by atoms with Crippen LogP contribution in [0, 0.1) is 0 Å². The summed E-state index contributed by atoms with van der Waals surface area (Å²) in [6, 6.07) is 88.2. The Morgan fingerprint density at radius 1 is 0.214 bits per heavy atom. The van der Waals surface area contributed by atoms with Gasteiger partial charge in [0.15, 0.2) is 0 Å². The number of anilines is 3. The monoisotopic (exact) mass is 895 g/mol. The number of fused-ring (bicyclic) bond motifs is 9. The van der Waals surface area contributed by atoms with Crippen LogP contribution in [0.4, 0.5) is 17.1 Å². The fourth-order valence-corrected chi connectivity index (χ4v) is 10.3. The molecule has 0 unspecified atom stereocenters. The molecule has 0 aliphatic carbocycles. The third-order valence-corrected chi connectivity index (χ3v) is 14.0. The van der Waals surface area contributed by atoms with E-state index < -0.39 is 0 Å². The van der Waals surface area contributed by atoms with Crippen molar-refractivity contribution in [2.45, 2.75) is 0 Å². The van der Waals surface area contributed by atoms with Crippen molar-refractivity contribution in [1.29, 1.82) is 0 Å². The molecule has 70 heavy (non-hydrogen) atoms. The Hall–Kier alpha value is -9.38. The number of benzene rings is 11. The smallest absolute Gasteiger partial charge is 0.143 e. The van der Waals surface area contributed by atoms with Crippen molar-refractivity contribution < 1.29 is 13.3 Å². The highest BCUT2D eigenvalue weighted by Crippen LogP contribution is 2.41. The van der Waals surface area contributed by atoms with E-state index in [-0.39, 0.29) is 0 Å². The van der Waals surface area contributed by atoms with E-state index in [1.165, 1.54) is 11.1 Å². The van der Waals surface area contributed by atoms with E-state index in [1.54, 1.807) is 0 Å². The summed E-state index contributed by atoms with van der Waals surface area (Å²) >= 11 is 0. The summed E-state index contributed by atoms with van der Waals surface area (Å²) in [5.41, 5.74) is 19.9. The molecule has 4 heteroatoms. The molecule has 328 valence electrons. The predicted molar refractivity (Wildman–Crippen MR) is 290 cm³/mol. The summed E-state index contributed by atoms with van der Waals surface area (Å²) in [7, 11) is 0. The minimum atomic E-state index is 0.890. The Morgan fingerprint density at radius 2 is 0.529 bits per heavy atom. The Kier molecular flexibility index (Phi) is 9.17. The molecule has 0 N–H and O–H groups in total. The van der Waals surface area contributed by atoms with E-state index in [4.69, 9.17) is 13.3 Å². The van der Waals surface area contributed by atoms with Crippen LogP contribution in [0.1, 0.15) is 0 Å². The number of rotatable bonds is 8. The van der Waals surface area contributed by atoms with Gasteiger partial charge in [0.2, 0.25) is 0 Å². The number of para-hydroxylation sites is 4. The van der Waals surface area contributed by atoms with E-state index in [2.05, 4.69) is 217 Å². The van der Waals surface area contributed by atoms with Crippen LogP contribution in [0.2, 0.25) is 0 Å². The molecule has 0 aliphatic heterocycles. The maximum Gasteiger partial charge on any atom is 0.143 e. The van der Waals surface area contributed by atoms with Crippen LogP contribution in [0.3, 0.4) is 0 Å². The van der Waals surface area contributed by atoms with Crippen LogP contribution < -0.4 is 4.90 Å². The standard InChI is InChI=1S/C66H41NO3/c1-4-13-61-55(8-1)58-38-30-49(40-64(58)68-61)46-26-34-52(35-27-46)67(53-36-28-47(29-37-53)50-31-39-59-56-9-2-5-14-62(56)69-65(59)41-50)51-32-24-45(25-33-51)43-18-16-42(17-19-43)44-20-22-48(23-21-44)54-11-7-12-60-57-10-3-6-15-63(57)70-66(54)60/h1-41H. The second-order valence-corrected chi connectivity index (χ2v) is 18.0. The van der Waals surface area contributed by atoms with Crippen LogP contribution in [-0.4, -0.2) is 0 Å². The molecule has 0 atom stereocenters. The first-order valence-corrected chi connectivity index (χ1v) is 23.7. The minimum Gasteiger partial charge on any atom is -0.456 e. The van der Waals surface area contributed by atoms with Crippen LogP contribution in [0.25, 0.3) is 121 Å². The van der Waals surface area contributed by atoms with Crippen LogP contribution in [0.15, 0.2) is 262 Å². The van der Waals surface area contributed by atoms with Gasteiger partial charge in [-0.1, -0.05) is 170 Å². The molecular weight excluding hydrogens is 855 g/mol. The average molecular weight is 896 g/mol. The topological polar surface area (TPSA) is 42.7 Å². The fourth-order valence-electron chi connectivity index (χ4n) is 10.3. The Labute approximate surface area is 403 Å². The van der Waals surface area contributed by atoms with Gasteiger partial charge in [-0.15, -0.1) is 0 Å². The lowest BCUT2D eigenvalue weighted by atomic mass is 9.97. The zero-order valence-corrected chi connectivity index (χ0v) is 37.8. The number of furan rings is 3. The van der Waals surface area contributed by atoms with Crippen molar-refractivity contribution in [2.24, 2.45) is 0 Å². The lowest BCUT2D eigenvalue weighted by molar-refractivity contribution is 0.668. The van der Waals surface area contributed by atoms with Gasteiger partial charge in [-0.25, -0.2) is 0 Å². The van der Waals surface area contributed by atoms with Crippen LogP contribution >= 0.6 is 0 Å². The number of nitrogens with zero attached hydrogens (tertiary/aromatic N) is 1. The van der Waals surface area contributed by atoms with E-state index in [9.17, 15) is 0 Å². The molecule has 3 heterocycles. The zero-order chi connectivity index (χ0) is 46.1. The van der Waals surface area contributed by atoms with Crippen molar-refractivity contribution in [1.82, 2.24) is 0 Å². The van der Waals surface area contributed by atoms with Crippen molar-refractivity contribution in [3.8, 4) is 55.6 Å². The zero-order valence-electron chi connectivity index (χ0n) is 37.8. The lowest BCUT2D eigenvalue weighted by Crippen LogP contribution is -2.09.